The molecule has 0 aliphatic heterocycles. The summed E-state index contributed by atoms with van der Waals surface area (Å²) in [6.07, 6.45) is 12.7. The van der Waals surface area contributed by atoms with E-state index in [4.69, 9.17) is 4.74 Å². The van der Waals surface area contributed by atoms with Crippen LogP contribution >= 0.6 is 0 Å². The largest absolute Gasteiger partial charge is 4.00 e. The zero-order valence-corrected chi connectivity index (χ0v) is 15.5. The second-order valence-electron chi connectivity index (χ2n) is 5.02. The van der Waals surface area contributed by atoms with E-state index >= 15 is 0 Å². The van der Waals surface area contributed by atoms with Crippen molar-refractivity contribution in [3.05, 3.63) is 0 Å². The summed E-state index contributed by atoms with van der Waals surface area (Å²) in [6.45, 7) is 2.79. The molecule has 7 heteroatoms. The van der Waals surface area contributed by atoms with Gasteiger partial charge in [-0.05, 0) is 6.42 Å². The maximum atomic E-state index is 10.1. The average molecular weight is 357 g/mol. The minimum absolute atomic E-state index is 0. The van der Waals surface area contributed by atoms with Crippen LogP contribution < -0.4 is 0 Å². The molecule has 0 aliphatic rings. The standard InChI is InChI=1S/C14H30O5S.Ti/c1-2-3-4-5-6-7-8-9-10-11-12-18-13-14-19-20(15,16)17;/h2-14H2,1H3,(H,15,16,17);/q;+4/p-1. The van der Waals surface area contributed by atoms with Crippen molar-refractivity contribution in [3.63, 3.8) is 0 Å². The third-order valence-electron chi connectivity index (χ3n) is 3.10. The molecule has 0 radical (unpaired) electrons. The number of unbranched alkanes of at least 4 members (excludes halogenated alkanes) is 9. The molecular formula is C14H29O5STi+3. The van der Waals surface area contributed by atoms with Gasteiger partial charge in [-0.3, -0.25) is 4.18 Å². The summed E-state index contributed by atoms with van der Waals surface area (Å²) in [5.41, 5.74) is 0. The summed E-state index contributed by atoms with van der Waals surface area (Å²) >= 11 is 0. The van der Waals surface area contributed by atoms with E-state index in [0.717, 1.165) is 12.8 Å². The molecule has 122 valence electrons. The van der Waals surface area contributed by atoms with Crippen LogP contribution in [0.2, 0.25) is 0 Å². The Kier molecular flexibility index (Phi) is 19.2. The first-order chi connectivity index (χ1) is 9.56. The van der Waals surface area contributed by atoms with Gasteiger partial charge in [0.25, 0.3) is 0 Å². The fourth-order valence-electron chi connectivity index (χ4n) is 1.99. The second kappa shape index (κ2) is 16.9. The van der Waals surface area contributed by atoms with Crippen molar-refractivity contribution in [2.45, 2.75) is 71.1 Å². The monoisotopic (exact) mass is 357 g/mol. The van der Waals surface area contributed by atoms with Crippen molar-refractivity contribution in [2.75, 3.05) is 19.8 Å². The van der Waals surface area contributed by atoms with E-state index in [1.165, 1.54) is 51.4 Å². The first kappa shape index (κ1) is 23.8. The van der Waals surface area contributed by atoms with Gasteiger partial charge in [-0.15, -0.1) is 0 Å². The molecule has 0 aromatic carbocycles. The molecule has 0 aliphatic carbocycles. The van der Waals surface area contributed by atoms with Crippen LogP contribution in [-0.4, -0.2) is 32.8 Å². The number of ether oxygens (including phenoxy) is 1. The molecule has 0 unspecified atom stereocenters. The maximum absolute atomic E-state index is 10.1. The Bertz CT molecular complexity index is 296. The number of hydrogen-bond acceptors (Lipinski definition) is 5. The molecule has 0 aromatic rings. The molecule has 0 saturated heterocycles. The van der Waals surface area contributed by atoms with Crippen LogP contribution in [0.15, 0.2) is 0 Å². The number of hydrogen-bond donors (Lipinski definition) is 0. The molecule has 0 rings (SSSR count). The molecular weight excluding hydrogens is 328 g/mol. The topological polar surface area (TPSA) is 75.7 Å². The van der Waals surface area contributed by atoms with Crippen LogP contribution in [0.1, 0.15) is 71.1 Å². The Morgan fingerprint density at radius 1 is 0.762 bits per heavy atom. The van der Waals surface area contributed by atoms with Gasteiger partial charge in [0.05, 0.1) is 13.2 Å². The van der Waals surface area contributed by atoms with Gasteiger partial charge in [-0.25, -0.2) is 8.42 Å². The minimum atomic E-state index is -4.57. The quantitative estimate of drug-likeness (QED) is 0.194. The summed E-state index contributed by atoms with van der Waals surface area (Å²) in [4.78, 5) is 0. The van der Waals surface area contributed by atoms with Crippen molar-refractivity contribution in [1.29, 1.82) is 0 Å². The van der Waals surface area contributed by atoms with Crippen molar-refractivity contribution in [3.8, 4) is 0 Å². The third-order valence-corrected chi connectivity index (χ3v) is 3.55. The molecule has 0 bridgehead atoms. The van der Waals surface area contributed by atoms with Gasteiger partial charge in [0.2, 0.25) is 10.4 Å². The fourth-order valence-corrected chi connectivity index (χ4v) is 2.26. The molecule has 0 fully saturated rings. The van der Waals surface area contributed by atoms with Crippen molar-refractivity contribution >= 4 is 10.4 Å². The van der Waals surface area contributed by atoms with Crippen LogP contribution in [0, 0.1) is 0 Å². The predicted molar refractivity (Wildman–Crippen MR) is 78.3 cm³/mol. The van der Waals surface area contributed by atoms with Gasteiger partial charge in [-0.2, -0.15) is 0 Å². The molecule has 0 atom stereocenters. The third kappa shape index (κ3) is 23.0. The Morgan fingerprint density at radius 3 is 1.71 bits per heavy atom. The zero-order valence-electron chi connectivity index (χ0n) is 13.1. The predicted octanol–water partition coefficient (Wildman–Crippen LogP) is 3.40. The number of rotatable bonds is 15. The Balaban J connectivity index is 0. The van der Waals surface area contributed by atoms with Crippen molar-refractivity contribution in [2.24, 2.45) is 0 Å². The molecule has 0 saturated carbocycles. The SMILES string of the molecule is CCCCCCCCCCCCOCCOS(=O)(=O)[O-].[Ti+4]. The van der Waals surface area contributed by atoms with Crippen LogP contribution in [0.4, 0.5) is 0 Å². The molecule has 0 spiro atoms. The van der Waals surface area contributed by atoms with E-state index in [2.05, 4.69) is 11.1 Å². The fraction of sp³-hybridized carbons (Fsp3) is 1.00. The van der Waals surface area contributed by atoms with Crippen molar-refractivity contribution in [1.82, 2.24) is 0 Å². The van der Waals surface area contributed by atoms with Crippen molar-refractivity contribution < 1.29 is 43.6 Å². The molecule has 0 amide bonds. The van der Waals surface area contributed by atoms with E-state index in [9.17, 15) is 13.0 Å². The van der Waals surface area contributed by atoms with E-state index in [-0.39, 0.29) is 34.9 Å². The van der Waals surface area contributed by atoms with E-state index in [1.807, 2.05) is 0 Å². The van der Waals surface area contributed by atoms with E-state index in [0.29, 0.717) is 6.61 Å². The van der Waals surface area contributed by atoms with Crippen LogP contribution in [0.25, 0.3) is 0 Å². The van der Waals surface area contributed by atoms with Gasteiger partial charge in [-0.1, -0.05) is 64.7 Å². The first-order valence-electron chi connectivity index (χ1n) is 7.74. The van der Waals surface area contributed by atoms with Crippen LogP contribution in [-0.2, 0) is 41.0 Å². The maximum Gasteiger partial charge on any atom is 4.00 e. The second-order valence-corrected chi connectivity index (χ2v) is 6.08. The van der Waals surface area contributed by atoms with Gasteiger partial charge in [0.1, 0.15) is 0 Å². The molecule has 21 heavy (non-hydrogen) atoms. The smallest absolute Gasteiger partial charge is 0.726 e. The zero-order chi connectivity index (χ0) is 15.1. The van der Waals surface area contributed by atoms with E-state index < -0.39 is 10.4 Å². The minimum Gasteiger partial charge on any atom is -0.726 e. The molecule has 0 heterocycles. The van der Waals surface area contributed by atoms with E-state index in [1.54, 1.807) is 0 Å². The summed E-state index contributed by atoms with van der Waals surface area (Å²) in [5, 5.41) is 0. The summed E-state index contributed by atoms with van der Waals surface area (Å²) in [5.74, 6) is 0. The molecule has 5 nitrogen and oxygen atoms in total. The summed E-state index contributed by atoms with van der Waals surface area (Å²) < 4.78 is 39.5. The van der Waals surface area contributed by atoms with Crippen LogP contribution in [0.5, 0.6) is 0 Å². The van der Waals surface area contributed by atoms with Gasteiger partial charge < -0.3 is 9.29 Å². The Morgan fingerprint density at radius 2 is 1.24 bits per heavy atom. The Labute approximate surface area is 145 Å². The van der Waals surface area contributed by atoms with Crippen LogP contribution in [0.3, 0.4) is 0 Å². The van der Waals surface area contributed by atoms with Gasteiger partial charge in [0, 0.05) is 6.61 Å². The summed E-state index contributed by atoms with van der Waals surface area (Å²) in [7, 11) is -4.57. The normalized spacial score (nSPS) is 11.3. The van der Waals surface area contributed by atoms with Gasteiger partial charge >= 0.3 is 21.7 Å². The van der Waals surface area contributed by atoms with Gasteiger partial charge in [0.15, 0.2) is 0 Å². The molecule has 0 aromatic heterocycles. The molecule has 0 N–H and O–H groups in total. The summed E-state index contributed by atoms with van der Waals surface area (Å²) in [6, 6.07) is 0. The average Bonchev–Trinajstić information content (AvgIpc) is 2.38. The first-order valence-corrected chi connectivity index (χ1v) is 9.07. The Hall–Kier alpha value is 0.544.